The lowest BCUT2D eigenvalue weighted by molar-refractivity contribution is -0.146. The number of Topliss-reactive ketones (excluding diaryl/α,β-unsaturated/α-hetero) is 1. The second kappa shape index (κ2) is 6.42. The van der Waals surface area contributed by atoms with Crippen molar-refractivity contribution in [3.63, 3.8) is 0 Å². The summed E-state index contributed by atoms with van der Waals surface area (Å²) in [6.07, 6.45) is -1.12. The molecule has 1 aromatic rings. The van der Waals surface area contributed by atoms with Crippen molar-refractivity contribution in [2.45, 2.75) is 12.5 Å². The van der Waals surface area contributed by atoms with Crippen molar-refractivity contribution in [3.05, 3.63) is 34.9 Å². The molecule has 0 heterocycles. The fourth-order valence-corrected chi connectivity index (χ4v) is 1.82. The van der Waals surface area contributed by atoms with Crippen molar-refractivity contribution in [2.24, 2.45) is 0 Å². The molecular formula is C12H11BrO5. The first-order valence-electron chi connectivity index (χ1n) is 5.10. The Balaban J connectivity index is 3.21. The van der Waals surface area contributed by atoms with E-state index in [2.05, 4.69) is 15.9 Å². The van der Waals surface area contributed by atoms with Crippen molar-refractivity contribution in [1.29, 1.82) is 0 Å². The number of benzene rings is 1. The van der Waals surface area contributed by atoms with Crippen molar-refractivity contribution in [2.75, 3.05) is 5.33 Å². The molecule has 1 rings (SSSR count). The Labute approximate surface area is 112 Å². The van der Waals surface area contributed by atoms with Crippen molar-refractivity contribution < 1.29 is 24.6 Å². The van der Waals surface area contributed by atoms with Crippen LogP contribution in [0.25, 0.3) is 0 Å². The third kappa shape index (κ3) is 3.24. The fourth-order valence-electron chi connectivity index (χ4n) is 1.46. The number of halogens is 1. The number of aliphatic carboxylic acids is 1. The molecule has 18 heavy (non-hydrogen) atoms. The molecule has 0 saturated heterocycles. The maximum Gasteiger partial charge on any atom is 0.337 e. The molecule has 6 heteroatoms. The van der Waals surface area contributed by atoms with Crippen LogP contribution in [0.2, 0.25) is 0 Å². The molecule has 0 amide bonds. The van der Waals surface area contributed by atoms with Crippen molar-refractivity contribution >= 4 is 34.0 Å². The van der Waals surface area contributed by atoms with E-state index in [0.717, 1.165) is 0 Å². The van der Waals surface area contributed by atoms with E-state index in [1.165, 1.54) is 18.2 Å². The van der Waals surface area contributed by atoms with Crippen LogP contribution in [0.15, 0.2) is 18.2 Å². The van der Waals surface area contributed by atoms with Gasteiger partial charge in [0.1, 0.15) is 6.29 Å². The SMILES string of the molecule is O=Cc1ccc(C(=O)CCBr)cc1C(O)C(=O)O. The van der Waals surface area contributed by atoms with Crippen LogP contribution < -0.4 is 0 Å². The maximum atomic E-state index is 11.6. The highest BCUT2D eigenvalue weighted by Crippen LogP contribution is 2.20. The van der Waals surface area contributed by atoms with Crippen molar-refractivity contribution in [3.8, 4) is 0 Å². The molecule has 5 nitrogen and oxygen atoms in total. The first kappa shape index (κ1) is 14.5. The predicted molar refractivity (Wildman–Crippen MR) is 67.2 cm³/mol. The van der Waals surface area contributed by atoms with Crippen LogP contribution in [0.5, 0.6) is 0 Å². The lowest BCUT2D eigenvalue weighted by atomic mass is 9.97. The van der Waals surface area contributed by atoms with Crippen LogP contribution >= 0.6 is 15.9 Å². The summed E-state index contributed by atoms with van der Waals surface area (Å²) in [7, 11) is 0. The Morgan fingerprint density at radius 3 is 2.56 bits per heavy atom. The lowest BCUT2D eigenvalue weighted by Crippen LogP contribution is -2.14. The third-order valence-electron chi connectivity index (χ3n) is 2.39. The molecule has 0 spiro atoms. The number of ketones is 1. The molecule has 0 aliphatic heterocycles. The minimum Gasteiger partial charge on any atom is -0.479 e. The normalized spacial score (nSPS) is 11.9. The van der Waals surface area contributed by atoms with Gasteiger partial charge in [-0.25, -0.2) is 4.79 Å². The summed E-state index contributed by atoms with van der Waals surface area (Å²) < 4.78 is 0. The summed E-state index contributed by atoms with van der Waals surface area (Å²) in [5.41, 5.74) is 0.258. The van der Waals surface area contributed by atoms with Crippen molar-refractivity contribution in [1.82, 2.24) is 0 Å². The van der Waals surface area contributed by atoms with E-state index in [-0.39, 0.29) is 28.9 Å². The molecule has 0 aromatic heterocycles. The van der Waals surface area contributed by atoms with Gasteiger partial charge in [-0.2, -0.15) is 0 Å². The van der Waals surface area contributed by atoms with Crippen LogP contribution in [-0.2, 0) is 4.79 Å². The fraction of sp³-hybridized carbons (Fsp3) is 0.250. The first-order valence-corrected chi connectivity index (χ1v) is 6.22. The number of aldehydes is 1. The molecule has 0 fully saturated rings. The third-order valence-corrected chi connectivity index (χ3v) is 2.78. The quantitative estimate of drug-likeness (QED) is 0.472. The molecule has 0 radical (unpaired) electrons. The highest BCUT2D eigenvalue weighted by Gasteiger charge is 2.21. The zero-order chi connectivity index (χ0) is 13.7. The standard InChI is InChI=1S/C12H11BrO5/c13-4-3-10(15)7-1-2-8(6-14)9(5-7)11(16)12(17)18/h1-2,5-6,11,16H,3-4H2,(H,17,18). The number of carboxylic acids is 1. The largest absolute Gasteiger partial charge is 0.479 e. The number of carboxylic acid groups (broad SMARTS) is 1. The Kier molecular flexibility index (Phi) is 5.18. The van der Waals surface area contributed by atoms with Crippen LogP contribution in [-0.4, -0.2) is 33.6 Å². The first-order chi connectivity index (χ1) is 8.51. The molecule has 1 unspecified atom stereocenters. The molecule has 0 bridgehead atoms. The van der Waals surface area contributed by atoms with E-state index in [1.807, 2.05) is 0 Å². The average Bonchev–Trinajstić information content (AvgIpc) is 2.37. The van der Waals surface area contributed by atoms with Gasteiger partial charge in [-0.15, -0.1) is 0 Å². The van der Waals surface area contributed by atoms with E-state index in [1.54, 1.807) is 0 Å². The summed E-state index contributed by atoms with van der Waals surface area (Å²) in [5.74, 6) is -1.66. The summed E-state index contributed by atoms with van der Waals surface area (Å²) >= 11 is 3.13. The van der Waals surface area contributed by atoms with Gasteiger partial charge in [0.05, 0.1) is 0 Å². The summed E-state index contributed by atoms with van der Waals surface area (Å²) in [5, 5.41) is 18.7. The van der Waals surface area contributed by atoms with E-state index < -0.39 is 12.1 Å². The number of hydrogen-bond acceptors (Lipinski definition) is 4. The Bertz CT molecular complexity index is 483. The Morgan fingerprint density at radius 1 is 1.39 bits per heavy atom. The molecule has 2 N–H and O–H groups in total. The van der Waals surface area contributed by atoms with Gasteiger partial charge in [0.15, 0.2) is 11.9 Å². The van der Waals surface area contributed by atoms with Gasteiger partial charge in [-0.3, -0.25) is 9.59 Å². The number of alkyl halides is 1. The Morgan fingerprint density at radius 2 is 2.06 bits per heavy atom. The Hall–Kier alpha value is -1.53. The minimum absolute atomic E-state index is 0.0558. The average molecular weight is 315 g/mol. The highest BCUT2D eigenvalue weighted by atomic mass is 79.9. The number of aliphatic hydroxyl groups is 1. The zero-order valence-corrected chi connectivity index (χ0v) is 10.9. The lowest BCUT2D eigenvalue weighted by Gasteiger charge is -2.10. The van der Waals surface area contributed by atoms with Crippen LogP contribution in [0, 0.1) is 0 Å². The smallest absolute Gasteiger partial charge is 0.337 e. The predicted octanol–water partition coefficient (Wildman–Crippen LogP) is 1.58. The minimum atomic E-state index is -1.82. The molecule has 96 valence electrons. The molecule has 1 aromatic carbocycles. The van der Waals surface area contributed by atoms with Gasteiger partial charge in [-0.1, -0.05) is 28.1 Å². The molecule has 1 atom stereocenters. The molecule has 0 aliphatic rings. The summed E-state index contributed by atoms with van der Waals surface area (Å²) in [4.78, 5) is 33.1. The monoisotopic (exact) mass is 314 g/mol. The summed E-state index contributed by atoms with van der Waals surface area (Å²) in [6.45, 7) is 0. The van der Waals surface area contributed by atoms with Gasteiger partial charge < -0.3 is 10.2 Å². The maximum absolute atomic E-state index is 11.6. The topological polar surface area (TPSA) is 91.7 Å². The second-order valence-corrected chi connectivity index (χ2v) is 4.36. The van der Waals surface area contributed by atoms with Crippen LogP contribution in [0.3, 0.4) is 0 Å². The van der Waals surface area contributed by atoms with Crippen LogP contribution in [0.4, 0.5) is 0 Å². The molecular weight excluding hydrogens is 304 g/mol. The van der Waals surface area contributed by atoms with Gasteiger partial charge >= 0.3 is 5.97 Å². The van der Waals surface area contributed by atoms with Gasteiger partial charge in [0, 0.05) is 28.4 Å². The number of carbonyl (C=O) groups excluding carboxylic acids is 2. The number of rotatable bonds is 6. The summed E-state index contributed by atoms with van der Waals surface area (Å²) in [6, 6.07) is 4.01. The van der Waals surface area contributed by atoms with E-state index in [4.69, 9.17) is 5.11 Å². The number of aliphatic hydroxyl groups excluding tert-OH is 1. The van der Waals surface area contributed by atoms with E-state index in [0.29, 0.717) is 11.6 Å². The molecule has 0 saturated carbocycles. The zero-order valence-electron chi connectivity index (χ0n) is 9.30. The van der Waals surface area contributed by atoms with Crippen LogP contribution in [0.1, 0.15) is 38.8 Å². The van der Waals surface area contributed by atoms with Gasteiger partial charge in [0.2, 0.25) is 0 Å². The number of carbonyl (C=O) groups is 3. The van der Waals surface area contributed by atoms with Gasteiger partial charge in [-0.05, 0) is 6.07 Å². The second-order valence-electron chi connectivity index (χ2n) is 3.56. The van der Waals surface area contributed by atoms with E-state index >= 15 is 0 Å². The van der Waals surface area contributed by atoms with Gasteiger partial charge in [0.25, 0.3) is 0 Å². The molecule has 0 aliphatic carbocycles. The van der Waals surface area contributed by atoms with E-state index in [9.17, 15) is 19.5 Å². The highest BCUT2D eigenvalue weighted by molar-refractivity contribution is 9.09. The number of hydrogen-bond donors (Lipinski definition) is 2.